The van der Waals surface area contributed by atoms with Crippen LogP contribution < -0.4 is 10.1 Å². The van der Waals surface area contributed by atoms with Crippen molar-refractivity contribution in [3.8, 4) is 5.75 Å². The summed E-state index contributed by atoms with van der Waals surface area (Å²) < 4.78 is 33.0. The Kier molecular flexibility index (Phi) is 12.6. The van der Waals surface area contributed by atoms with Crippen molar-refractivity contribution < 1.29 is 33.6 Å². The van der Waals surface area contributed by atoms with E-state index >= 15 is 0 Å². The van der Waals surface area contributed by atoms with E-state index in [4.69, 9.17) is 23.7 Å². The number of aliphatic hydroxyl groups is 1. The van der Waals surface area contributed by atoms with Crippen molar-refractivity contribution >= 4 is 17.7 Å². The van der Waals surface area contributed by atoms with Crippen LogP contribution in [0.3, 0.4) is 0 Å². The van der Waals surface area contributed by atoms with Gasteiger partial charge in [-0.05, 0) is 67.8 Å². The molecule has 3 aliphatic rings. The molecule has 0 aliphatic carbocycles. The maximum atomic E-state index is 14.6. The number of nitrogens with zero attached hydrogens (tertiary/aromatic N) is 1. The molecule has 2 N–H and O–H groups in total. The van der Waals surface area contributed by atoms with Crippen molar-refractivity contribution in [1.82, 2.24) is 10.2 Å². The molecule has 0 aromatic heterocycles. The van der Waals surface area contributed by atoms with Gasteiger partial charge in [-0.2, -0.15) is 0 Å². The lowest BCUT2D eigenvalue weighted by Crippen LogP contribution is -2.65. The molecule has 7 rings (SSSR count). The van der Waals surface area contributed by atoms with Gasteiger partial charge in [0.2, 0.25) is 5.91 Å². The molecule has 3 saturated heterocycles. The lowest BCUT2D eigenvalue weighted by atomic mass is 9.79. The first kappa shape index (κ1) is 39.5. The normalized spacial score (nSPS) is 28.0. The number of carbonyl (C=O) groups is 1. The number of thioether (sulfide) groups is 1. The lowest BCUT2D eigenvalue weighted by molar-refractivity contribution is -0.185. The molecule has 0 radical (unpaired) electrons. The number of aliphatic hydroxyl groups excluding tert-OH is 1. The summed E-state index contributed by atoms with van der Waals surface area (Å²) in [4.78, 5) is 16.8. The lowest BCUT2D eigenvalue weighted by Gasteiger charge is -2.46. The molecule has 3 fully saturated rings. The zero-order valence-electron chi connectivity index (χ0n) is 32.3. The van der Waals surface area contributed by atoms with Crippen molar-refractivity contribution in [2.24, 2.45) is 5.92 Å². The van der Waals surface area contributed by atoms with Gasteiger partial charge in [0.1, 0.15) is 41.2 Å². The third kappa shape index (κ3) is 8.09. The van der Waals surface area contributed by atoms with Crippen LogP contribution in [-0.2, 0) is 29.3 Å². The van der Waals surface area contributed by atoms with Crippen molar-refractivity contribution in [2.45, 2.75) is 93.0 Å². The number of carbonyl (C=O) groups excluding carboxylic acids is 1. The number of nitrogens with one attached hydrogen (secondary N) is 1. The first-order chi connectivity index (χ1) is 26.8. The van der Waals surface area contributed by atoms with Crippen molar-refractivity contribution in [2.75, 3.05) is 27.0 Å². The van der Waals surface area contributed by atoms with E-state index in [0.29, 0.717) is 11.7 Å². The molecule has 0 bridgehead atoms. The monoisotopic (exact) mass is 766 g/mol. The standard InChI is InChI=1S/C45H54N2O7S/c1-6-16-30-27-36(47(3)28-30)42(49)46-37(39-41-40(38(48)44(53-39)55-5)51-43(52-41)31-23-25-35(50-4)26-24-31)29(2)54-45(32-17-10-7-11-18-32,33-19-12-8-13-20-33)34-21-14-9-15-22-34/h7-15,17-26,29-30,36-41,43-44,48H,6,16,27-28H2,1-5H3,(H,46,49)/t29-,30+,36-,37+,38+,39-,40-,41+,43+,44+/m0/s1. The average molecular weight is 767 g/mol. The predicted molar refractivity (Wildman–Crippen MR) is 215 cm³/mol. The van der Waals surface area contributed by atoms with Gasteiger partial charge in [-0.1, -0.05) is 116 Å². The Morgan fingerprint density at radius 1 is 0.891 bits per heavy atom. The number of hydrogen-bond acceptors (Lipinski definition) is 9. The highest BCUT2D eigenvalue weighted by Gasteiger charge is 2.56. The number of methoxy groups -OCH3 is 1. The van der Waals surface area contributed by atoms with Crippen LogP contribution in [0, 0.1) is 5.92 Å². The molecule has 0 saturated carbocycles. The number of fused-ring (bicyclic) bond motifs is 1. The molecule has 3 aliphatic heterocycles. The minimum atomic E-state index is -1.06. The Hall–Kier alpha value is -3.74. The summed E-state index contributed by atoms with van der Waals surface area (Å²) in [5.41, 5.74) is 1.93. The molecule has 9 nitrogen and oxygen atoms in total. The molecule has 4 aromatic rings. The molecule has 1 amide bonds. The van der Waals surface area contributed by atoms with E-state index in [0.717, 1.165) is 48.1 Å². The van der Waals surface area contributed by atoms with Crippen LogP contribution in [0.25, 0.3) is 0 Å². The van der Waals surface area contributed by atoms with E-state index < -0.39 is 53.9 Å². The zero-order chi connectivity index (χ0) is 38.5. The van der Waals surface area contributed by atoms with Gasteiger partial charge < -0.3 is 34.1 Å². The maximum absolute atomic E-state index is 14.6. The Morgan fingerprint density at radius 2 is 1.45 bits per heavy atom. The summed E-state index contributed by atoms with van der Waals surface area (Å²) in [6.07, 6.45) is 0.265. The number of benzene rings is 4. The second kappa shape index (κ2) is 17.6. The van der Waals surface area contributed by atoms with E-state index in [1.165, 1.54) is 11.8 Å². The Balaban J connectivity index is 1.31. The van der Waals surface area contributed by atoms with Crippen LogP contribution in [0.5, 0.6) is 5.75 Å². The second-order valence-corrected chi connectivity index (χ2v) is 15.9. The van der Waals surface area contributed by atoms with Crippen LogP contribution >= 0.6 is 11.8 Å². The molecule has 4 aromatic carbocycles. The summed E-state index contributed by atoms with van der Waals surface area (Å²) in [5.74, 6) is 1.08. The number of rotatable bonds is 14. The van der Waals surface area contributed by atoms with Gasteiger partial charge in [0, 0.05) is 12.1 Å². The molecule has 3 heterocycles. The highest BCUT2D eigenvalue weighted by Crippen LogP contribution is 2.45. The van der Waals surface area contributed by atoms with Crippen LogP contribution in [-0.4, -0.2) is 90.9 Å². The second-order valence-electron chi connectivity index (χ2n) is 15.0. The summed E-state index contributed by atoms with van der Waals surface area (Å²) in [5, 5.41) is 15.1. The summed E-state index contributed by atoms with van der Waals surface area (Å²) in [7, 11) is 3.65. The third-order valence-corrected chi connectivity index (χ3v) is 12.3. The fourth-order valence-corrected chi connectivity index (χ4v) is 9.39. The minimum Gasteiger partial charge on any atom is -0.497 e. The smallest absolute Gasteiger partial charge is 0.237 e. The highest BCUT2D eigenvalue weighted by atomic mass is 32.2. The summed E-state index contributed by atoms with van der Waals surface area (Å²) in [6, 6.07) is 37.2. The quantitative estimate of drug-likeness (QED) is 0.133. The number of likely N-dealkylation sites (N-methyl/N-ethyl adjacent to an activating group) is 1. The molecule has 10 atom stereocenters. The van der Waals surface area contributed by atoms with E-state index in [9.17, 15) is 9.90 Å². The Bertz CT molecular complexity index is 1720. The number of amides is 1. The molecule has 10 heteroatoms. The largest absolute Gasteiger partial charge is 0.497 e. The van der Waals surface area contributed by atoms with Crippen molar-refractivity contribution in [1.29, 1.82) is 0 Å². The number of ether oxygens (including phenoxy) is 5. The van der Waals surface area contributed by atoms with Crippen LogP contribution in [0.4, 0.5) is 0 Å². The molecule has 0 unspecified atom stereocenters. The van der Waals surface area contributed by atoms with E-state index in [2.05, 4.69) is 53.5 Å². The highest BCUT2D eigenvalue weighted by molar-refractivity contribution is 7.99. The maximum Gasteiger partial charge on any atom is 0.237 e. The van der Waals surface area contributed by atoms with Crippen molar-refractivity contribution in [3.05, 3.63) is 138 Å². The molecular weight excluding hydrogens is 713 g/mol. The predicted octanol–water partition coefficient (Wildman–Crippen LogP) is 6.93. The van der Waals surface area contributed by atoms with E-state index in [1.54, 1.807) is 7.11 Å². The Labute approximate surface area is 329 Å². The fourth-order valence-electron chi connectivity index (χ4n) is 8.71. The molecule has 55 heavy (non-hydrogen) atoms. The van der Waals surface area contributed by atoms with Gasteiger partial charge in [0.05, 0.1) is 25.3 Å². The first-order valence-corrected chi connectivity index (χ1v) is 20.7. The van der Waals surface area contributed by atoms with Gasteiger partial charge >= 0.3 is 0 Å². The van der Waals surface area contributed by atoms with Crippen LogP contribution in [0.1, 0.15) is 61.7 Å². The van der Waals surface area contributed by atoms with Gasteiger partial charge in [-0.25, -0.2) is 0 Å². The first-order valence-electron chi connectivity index (χ1n) is 19.4. The molecule has 292 valence electrons. The molecular formula is C45H54N2O7S. The summed E-state index contributed by atoms with van der Waals surface area (Å²) >= 11 is 1.41. The zero-order valence-corrected chi connectivity index (χ0v) is 33.1. The average Bonchev–Trinajstić information content (AvgIpc) is 3.85. The number of hydrogen-bond donors (Lipinski definition) is 2. The third-order valence-electron chi connectivity index (χ3n) is 11.4. The van der Waals surface area contributed by atoms with Crippen LogP contribution in [0.15, 0.2) is 115 Å². The van der Waals surface area contributed by atoms with Gasteiger partial charge in [-0.3, -0.25) is 9.69 Å². The van der Waals surface area contributed by atoms with Crippen LogP contribution in [0.2, 0.25) is 0 Å². The topological polar surface area (TPSA) is 98.7 Å². The van der Waals surface area contributed by atoms with Crippen molar-refractivity contribution in [3.63, 3.8) is 0 Å². The number of likely N-dealkylation sites (tertiary alicyclic amines) is 1. The molecule has 0 spiro atoms. The van der Waals surface area contributed by atoms with Gasteiger partial charge in [0.25, 0.3) is 0 Å². The van der Waals surface area contributed by atoms with Gasteiger partial charge in [-0.15, -0.1) is 11.8 Å². The van der Waals surface area contributed by atoms with E-state index in [-0.39, 0.29) is 11.9 Å². The fraction of sp³-hybridized carbons (Fsp3) is 0.444. The van der Waals surface area contributed by atoms with E-state index in [1.807, 2.05) is 99.1 Å². The SMILES string of the molecule is CCC[C@@H]1C[C@@H](C(=O)N[C@@H]([C@@H]2O[C@H](SC)[C@H](O)[C@@H]3O[C@@H](c4ccc(OC)cc4)O[C@@H]32)[C@H](C)OC(c2ccccc2)(c2ccccc2)c2ccccc2)N(C)C1. The van der Waals surface area contributed by atoms with Gasteiger partial charge in [0.15, 0.2) is 6.29 Å². The minimum absolute atomic E-state index is 0.0797. The Morgan fingerprint density at radius 3 is 1.98 bits per heavy atom. The summed E-state index contributed by atoms with van der Waals surface area (Å²) in [6.45, 7) is 5.06.